The predicted molar refractivity (Wildman–Crippen MR) is 129 cm³/mol. The summed E-state index contributed by atoms with van der Waals surface area (Å²) in [6.45, 7) is 2.01. The SMILES string of the molecule is COc1nc(Nc2cc(C)cc(-c3cnc(C4(N=C(N)OC(=N)N)CCC4)s3)c2)ncc1Cl. The van der Waals surface area contributed by atoms with Crippen molar-refractivity contribution in [3.05, 3.63) is 46.2 Å². The molecule has 0 atom stereocenters. The summed E-state index contributed by atoms with van der Waals surface area (Å²) in [4.78, 5) is 18.6. The highest BCUT2D eigenvalue weighted by atomic mass is 35.5. The van der Waals surface area contributed by atoms with E-state index in [4.69, 9.17) is 38.0 Å². The molecule has 1 fully saturated rings. The van der Waals surface area contributed by atoms with E-state index in [1.54, 1.807) is 11.3 Å². The Labute approximate surface area is 199 Å². The molecule has 2 heterocycles. The normalized spacial score (nSPS) is 14.9. The van der Waals surface area contributed by atoms with Crippen molar-refractivity contribution in [1.82, 2.24) is 15.0 Å². The van der Waals surface area contributed by atoms with Crippen LogP contribution in [0.2, 0.25) is 5.02 Å². The molecule has 0 unspecified atom stereocenters. The standard InChI is InChI=1S/C21H23ClN8O2S/c1-11-6-12(8-13(7-11)28-20-27-9-14(22)16(29-20)31-2)15-10-26-17(33-15)21(4-3-5-21)30-19(25)32-18(23)24/h6-10H,3-5H2,1-2H3,(H3,23,24)(H2,25,30)(H,27,28,29). The van der Waals surface area contributed by atoms with Gasteiger partial charge in [0, 0.05) is 11.9 Å². The van der Waals surface area contributed by atoms with Crippen molar-refractivity contribution >= 4 is 46.6 Å². The van der Waals surface area contributed by atoms with E-state index in [1.165, 1.54) is 13.3 Å². The van der Waals surface area contributed by atoms with Gasteiger partial charge in [-0.3, -0.25) is 5.41 Å². The van der Waals surface area contributed by atoms with Crippen LogP contribution in [0.25, 0.3) is 10.4 Å². The topological polar surface area (TPSA) is 157 Å². The minimum atomic E-state index is -0.541. The number of benzene rings is 1. The Hall–Kier alpha value is -3.44. The van der Waals surface area contributed by atoms with Gasteiger partial charge in [-0.15, -0.1) is 11.3 Å². The van der Waals surface area contributed by atoms with Gasteiger partial charge in [-0.1, -0.05) is 17.7 Å². The van der Waals surface area contributed by atoms with Crippen molar-refractivity contribution < 1.29 is 9.47 Å². The molecule has 0 bridgehead atoms. The Bertz CT molecular complexity index is 1220. The maximum Gasteiger partial charge on any atom is 0.290 e. The van der Waals surface area contributed by atoms with Gasteiger partial charge in [0.05, 0.1) is 18.2 Å². The van der Waals surface area contributed by atoms with Gasteiger partial charge in [0.15, 0.2) is 0 Å². The molecule has 33 heavy (non-hydrogen) atoms. The second kappa shape index (κ2) is 9.20. The zero-order chi connectivity index (χ0) is 23.6. The molecule has 2 aromatic heterocycles. The van der Waals surface area contributed by atoms with Crippen LogP contribution in [0.3, 0.4) is 0 Å². The Kier molecular flexibility index (Phi) is 6.34. The van der Waals surface area contributed by atoms with Gasteiger partial charge in [-0.25, -0.2) is 15.0 Å². The van der Waals surface area contributed by atoms with Crippen LogP contribution in [-0.2, 0) is 10.3 Å². The third kappa shape index (κ3) is 4.99. The van der Waals surface area contributed by atoms with E-state index in [-0.39, 0.29) is 6.02 Å². The highest BCUT2D eigenvalue weighted by molar-refractivity contribution is 7.15. The van der Waals surface area contributed by atoms with Crippen molar-refractivity contribution in [3.63, 3.8) is 0 Å². The molecule has 0 saturated heterocycles. The molecule has 3 aromatic rings. The number of aliphatic imine (C=N–C) groups is 1. The van der Waals surface area contributed by atoms with E-state index >= 15 is 0 Å². The molecule has 0 aliphatic heterocycles. The van der Waals surface area contributed by atoms with Gasteiger partial charge in [0.2, 0.25) is 11.8 Å². The van der Waals surface area contributed by atoms with E-state index in [0.29, 0.717) is 16.9 Å². The molecular weight excluding hydrogens is 464 g/mol. The van der Waals surface area contributed by atoms with E-state index in [1.807, 2.05) is 25.3 Å². The molecule has 0 radical (unpaired) electrons. The van der Waals surface area contributed by atoms with Crippen molar-refractivity contribution in [2.24, 2.45) is 16.5 Å². The van der Waals surface area contributed by atoms with Crippen LogP contribution in [0.1, 0.15) is 29.8 Å². The number of halogens is 1. The van der Waals surface area contributed by atoms with Crippen LogP contribution in [0, 0.1) is 12.3 Å². The molecule has 6 N–H and O–H groups in total. The first kappa shape index (κ1) is 22.7. The highest BCUT2D eigenvalue weighted by Crippen LogP contribution is 2.47. The lowest BCUT2D eigenvalue weighted by atomic mass is 9.78. The smallest absolute Gasteiger partial charge is 0.290 e. The second-order valence-corrected chi connectivity index (χ2v) is 9.03. The molecule has 10 nitrogen and oxygen atoms in total. The first-order chi connectivity index (χ1) is 15.8. The summed E-state index contributed by atoms with van der Waals surface area (Å²) in [5, 5.41) is 11.6. The Morgan fingerprint density at radius 2 is 2.03 bits per heavy atom. The largest absolute Gasteiger partial charge is 0.480 e. The summed E-state index contributed by atoms with van der Waals surface area (Å²) in [6, 6.07) is 5.45. The van der Waals surface area contributed by atoms with Crippen molar-refractivity contribution in [3.8, 4) is 16.3 Å². The molecule has 0 amide bonds. The number of nitrogens with one attached hydrogen (secondary N) is 2. The maximum absolute atomic E-state index is 7.24. The molecule has 1 aliphatic carbocycles. The fourth-order valence-electron chi connectivity index (χ4n) is 3.54. The van der Waals surface area contributed by atoms with Crippen LogP contribution in [0.15, 0.2) is 35.6 Å². The van der Waals surface area contributed by atoms with Crippen LogP contribution in [-0.4, -0.2) is 34.1 Å². The van der Waals surface area contributed by atoms with E-state index < -0.39 is 11.6 Å². The van der Waals surface area contributed by atoms with Crippen LogP contribution in [0.5, 0.6) is 5.88 Å². The summed E-state index contributed by atoms with van der Waals surface area (Å²) in [5.41, 5.74) is 13.4. The first-order valence-corrected chi connectivity index (χ1v) is 11.3. The van der Waals surface area contributed by atoms with Gasteiger partial charge < -0.3 is 26.3 Å². The number of rotatable bonds is 6. The molecule has 1 saturated carbocycles. The van der Waals surface area contributed by atoms with E-state index in [2.05, 4.69) is 31.3 Å². The molecule has 1 aromatic carbocycles. The molecule has 0 spiro atoms. The van der Waals surface area contributed by atoms with Gasteiger partial charge in [-0.2, -0.15) is 4.98 Å². The lowest BCUT2D eigenvalue weighted by Gasteiger charge is -2.36. The molecular formula is C21H23ClN8O2S. The quantitative estimate of drug-likeness (QED) is 0.301. The Morgan fingerprint density at radius 1 is 1.24 bits per heavy atom. The number of methoxy groups -OCH3 is 1. The molecule has 4 rings (SSSR count). The Balaban J connectivity index is 1.61. The number of amidine groups is 2. The van der Waals surface area contributed by atoms with Crippen LogP contribution in [0.4, 0.5) is 11.6 Å². The number of nitrogens with zero attached hydrogens (tertiary/aromatic N) is 4. The maximum atomic E-state index is 7.24. The lowest BCUT2D eigenvalue weighted by Crippen LogP contribution is -2.36. The fraction of sp³-hybridized carbons (Fsp3) is 0.286. The van der Waals surface area contributed by atoms with E-state index in [0.717, 1.165) is 46.0 Å². The Morgan fingerprint density at radius 3 is 2.70 bits per heavy atom. The van der Waals surface area contributed by atoms with Crippen molar-refractivity contribution in [2.45, 2.75) is 31.7 Å². The number of aryl methyl sites for hydroxylation is 1. The minimum Gasteiger partial charge on any atom is -0.480 e. The van der Waals surface area contributed by atoms with Gasteiger partial charge >= 0.3 is 0 Å². The third-order valence-corrected chi connectivity index (χ3v) is 6.65. The lowest BCUT2D eigenvalue weighted by molar-refractivity contribution is 0.250. The monoisotopic (exact) mass is 486 g/mol. The molecule has 12 heteroatoms. The van der Waals surface area contributed by atoms with E-state index in [9.17, 15) is 0 Å². The number of thiazole rings is 1. The summed E-state index contributed by atoms with van der Waals surface area (Å²) in [6.07, 6.45) is 5.94. The zero-order valence-electron chi connectivity index (χ0n) is 18.1. The number of aromatic nitrogens is 3. The summed E-state index contributed by atoms with van der Waals surface area (Å²) < 4.78 is 10.1. The second-order valence-electron chi connectivity index (χ2n) is 7.59. The van der Waals surface area contributed by atoms with Crippen molar-refractivity contribution in [1.29, 1.82) is 5.41 Å². The van der Waals surface area contributed by atoms with Crippen LogP contribution >= 0.6 is 22.9 Å². The zero-order valence-corrected chi connectivity index (χ0v) is 19.6. The average Bonchev–Trinajstić information content (AvgIpc) is 3.21. The third-order valence-electron chi connectivity index (χ3n) is 5.15. The number of hydrogen-bond donors (Lipinski definition) is 4. The number of hydrogen-bond acceptors (Lipinski definition) is 9. The summed E-state index contributed by atoms with van der Waals surface area (Å²) in [5.74, 6) is 0.676. The summed E-state index contributed by atoms with van der Waals surface area (Å²) in [7, 11) is 1.50. The van der Waals surface area contributed by atoms with Gasteiger partial charge in [0.1, 0.15) is 15.6 Å². The fourth-order valence-corrected chi connectivity index (χ4v) is 4.80. The average molecular weight is 487 g/mol. The number of nitrogens with two attached hydrogens (primary N) is 2. The van der Waals surface area contributed by atoms with Crippen LogP contribution < -0.4 is 21.5 Å². The highest BCUT2D eigenvalue weighted by Gasteiger charge is 2.42. The van der Waals surface area contributed by atoms with Gasteiger partial charge in [-0.05, 0) is 49.4 Å². The summed E-state index contributed by atoms with van der Waals surface area (Å²) >= 11 is 7.57. The first-order valence-electron chi connectivity index (χ1n) is 10.1. The van der Waals surface area contributed by atoms with Gasteiger partial charge in [0.25, 0.3) is 12.0 Å². The number of anilines is 2. The number of ether oxygens (including phenoxy) is 2. The molecule has 1 aliphatic rings. The minimum absolute atomic E-state index is 0.126. The van der Waals surface area contributed by atoms with Crippen molar-refractivity contribution in [2.75, 3.05) is 12.4 Å². The molecule has 172 valence electrons. The predicted octanol–water partition coefficient (Wildman–Crippen LogP) is 3.92.